The van der Waals surface area contributed by atoms with Crippen LogP contribution in [0, 0.1) is 0 Å². The number of aromatic amines is 1. The van der Waals surface area contributed by atoms with Gasteiger partial charge in [0.25, 0.3) is 0 Å². The van der Waals surface area contributed by atoms with E-state index < -0.39 is 12.0 Å². The maximum atomic E-state index is 12.4. The van der Waals surface area contributed by atoms with Gasteiger partial charge < -0.3 is 15.0 Å². The summed E-state index contributed by atoms with van der Waals surface area (Å²) in [5.74, 6) is -1.22. The van der Waals surface area contributed by atoms with Gasteiger partial charge in [0.05, 0.1) is 30.7 Å². The number of imidazole rings is 1. The van der Waals surface area contributed by atoms with Gasteiger partial charge in [0.2, 0.25) is 5.91 Å². The molecule has 2 aromatic rings. The van der Waals surface area contributed by atoms with E-state index in [1.165, 1.54) is 11.2 Å². The minimum atomic E-state index is -1.01. The number of amides is 1. The second-order valence-corrected chi connectivity index (χ2v) is 4.94. The number of nitrogens with zero attached hydrogens (tertiary/aromatic N) is 3. The number of carboxylic acid groups (broad SMARTS) is 1. The maximum Gasteiger partial charge on any atom is 0.326 e. The van der Waals surface area contributed by atoms with Crippen molar-refractivity contribution in [2.24, 2.45) is 0 Å². The van der Waals surface area contributed by atoms with Crippen molar-refractivity contribution in [1.82, 2.24) is 19.9 Å². The van der Waals surface area contributed by atoms with Crippen LogP contribution >= 0.6 is 0 Å². The molecule has 0 aromatic carbocycles. The predicted octanol–water partition coefficient (Wildman–Crippen LogP) is 0.385. The van der Waals surface area contributed by atoms with Crippen LogP contribution in [0.1, 0.15) is 17.0 Å². The molecular formula is C14H14N4O3. The summed E-state index contributed by atoms with van der Waals surface area (Å²) in [6.07, 6.45) is 5.15. The lowest BCUT2D eigenvalue weighted by atomic mass is 10.0. The topological polar surface area (TPSA) is 99.2 Å². The molecule has 1 atom stereocenters. The molecule has 1 aliphatic heterocycles. The molecule has 2 aromatic heterocycles. The van der Waals surface area contributed by atoms with Gasteiger partial charge in [-0.2, -0.15) is 0 Å². The lowest BCUT2D eigenvalue weighted by molar-refractivity contribution is -0.151. The molecule has 3 rings (SSSR count). The zero-order valence-corrected chi connectivity index (χ0v) is 11.2. The molecule has 2 N–H and O–H groups in total. The zero-order chi connectivity index (χ0) is 14.8. The summed E-state index contributed by atoms with van der Waals surface area (Å²) in [5.41, 5.74) is 2.33. The Morgan fingerprint density at radius 3 is 2.86 bits per heavy atom. The summed E-state index contributed by atoms with van der Waals surface area (Å²) in [5, 5.41) is 9.34. The Morgan fingerprint density at radius 1 is 1.38 bits per heavy atom. The van der Waals surface area contributed by atoms with Crippen LogP contribution in [0.3, 0.4) is 0 Å². The van der Waals surface area contributed by atoms with Gasteiger partial charge in [0.1, 0.15) is 6.04 Å². The molecule has 0 spiro atoms. The second-order valence-electron chi connectivity index (χ2n) is 4.94. The average molecular weight is 286 g/mol. The van der Waals surface area contributed by atoms with Gasteiger partial charge in [-0.25, -0.2) is 9.78 Å². The van der Waals surface area contributed by atoms with Crippen LogP contribution in [0.2, 0.25) is 0 Å². The number of hydrogen-bond donors (Lipinski definition) is 2. The van der Waals surface area contributed by atoms with Gasteiger partial charge in [-0.15, -0.1) is 0 Å². The van der Waals surface area contributed by atoms with Crippen LogP contribution in [-0.2, 0) is 29.0 Å². The maximum absolute atomic E-state index is 12.4. The molecule has 0 saturated heterocycles. The summed E-state index contributed by atoms with van der Waals surface area (Å²) in [7, 11) is 0. The third kappa shape index (κ3) is 2.62. The van der Waals surface area contributed by atoms with Crippen LogP contribution in [0.15, 0.2) is 30.9 Å². The van der Waals surface area contributed by atoms with Crippen molar-refractivity contribution in [3.8, 4) is 0 Å². The molecule has 21 heavy (non-hydrogen) atoms. The number of H-pyrrole nitrogens is 1. The molecule has 0 aliphatic carbocycles. The average Bonchev–Trinajstić information content (AvgIpc) is 2.94. The largest absolute Gasteiger partial charge is 0.480 e. The smallest absolute Gasteiger partial charge is 0.326 e. The van der Waals surface area contributed by atoms with Crippen molar-refractivity contribution in [3.05, 3.63) is 47.8 Å². The standard InChI is InChI=1S/C14H14N4O3/c19-13(5-9-1-3-15-4-2-9)18-7-11-10(16-8-17-11)6-12(18)14(20)21/h1-4,8,12H,5-7H2,(H,16,17)(H,20,21). The lowest BCUT2D eigenvalue weighted by Crippen LogP contribution is -2.49. The summed E-state index contributed by atoms with van der Waals surface area (Å²) in [4.78, 5) is 36.2. The zero-order valence-electron chi connectivity index (χ0n) is 11.2. The third-order valence-electron chi connectivity index (χ3n) is 3.61. The highest BCUT2D eigenvalue weighted by Crippen LogP contribution is 2.21. The molecule has 1 amide bonds. The van der Waals surface area contributed by atoms with E-state index in [2.05, 4.69) is 15.0 Å². The quantitative estimate of drug-likeness (QED) is 0.850. The number of rotatable bonds is 3. The van der Waals surface area contributed by atoms with E-state index >= 15 is 0 Å². The van der Waals surface area contributed by atoms with Crippen molar-refractivity contribution in [3.63, 3.8) is 0 Å². The van der Waals surface area contributed by atoms with E-state index in [1.54, 1.807) is 24.5 Å². The molecular weight excluding hydrogens is 272 g/mol. The number of aromatic nitrogens is 3. The summed E-state index contributed by atoms with van der Waals surface area (Å²) in [6.45, 7) is 0.246. The van der Waals surface area contributed by atoms with E-state index in [9.17, 15) is 14.7 Å². The SMILES string of the molecule is O=C(O)C1Cc2nc[nH]c2CN1C(=O)Cc1ccncc1. The predicted molar refractivity (Wildman–Crippen MR) is 72.2 cm³/mol. The summed E-state index contributed by atoms with van der Waals surface area (Å²) < 4.78 is 0. The Hall–Kier alpha value is -2.70. The summed E-state index contributed by atoms with van der Waals surface area (Å²) >= 11 is 0. The molecule has 3 heterocycles. The second kappa shape index (κ2) is 5.35. The Balaban J connectivity index is 1.82. The minimum Gasteiger partial charge on any atom is -0.480 e. The number of carbonyl (C=O) groups excluding carboxylic acids is 1. The first-order valence-corrected chi connectivity index (χ1v) is 6.57. The monoisotopic (exact) mass is 286 g/mol. The first-order valence-electron chi connectivity index (χ1n) is 6.57. The number of nitrogens with one attached hydrogen (secondary N) is 1. The van der Waals surface area contributed by atoms with E-state index in [4.69, 9.17) is 0 Å². The molecule has 7 nitrogen and oxygen atoms in total. The molecule has 7 heteroatoms. The minimum absolute atomic E-state index is 0.162. The first-order chi connectivity index (χ1) is 10.1. The van der Waals surface area contributed by atoms with E-state index in [1.807, 2.05) is 0 Å². The highest BCUT2D eigenvalue weighted by Gasteiger charge is 2.35. The van der Waals surface area contributed by atoms with Crippen LogP contribution in [0.25, 0.3) is 0 Å². The number of hydrogen-bond acceptors (Lipinski definition) is 4. The van der Waals surface area contributed by atoms with E-state index in [0.29, 0.717) is 0 Å². The van der Waals surface area contributed by atoms with Crippen molar-refractivity contribution < 1.29 is 14.7 Å². The van der Waals surface area contributed by atoms with E-state index in [-0.39, 0.29) is 25.3 Å². The van der Waals surface area contributed by atoms with Gasteiger partial charge >= 0.3 is 5.97 Å². The van der Waals surface area contributed by atoms with E-state index in [0.717, 1.165) is 17.0 Å². The Kier molecular flexibility index (Phi) is 3.39. The normalized spacial score (nSPS) is 17.3. The number of pyridine rings is 1. The van der Waals surface area contributed by atoms with Crippen molar-refractivity contribution in [2.45, 2.75) is 25.4 Å². The Morgan fingerprint density at radius 2 is 2.14 bits per heavy atom. The number of aliphatic carboxylic acids is 1. The van der Waals surface area contributed by atoms with Gasteiger partial charge in [-0.3, -0.25) is 9.78 Å². The van der Waals surface area contributed by atoms with Gasteiger partial charge in [-0.1, -0.05) is 0 Å². The fraction of sp³-hybridized carbons (Fsp3) is 0.286. The van der Waals surface area contributed by atoms with Crippen LogP contribution in [0.4, 0.5) is 0 Å². The van der Waals surface area contributed by atoms with Crippen LogP contribution < -0.4 is 0 Å². The molecule has 0 fully saturated rings. The number of fused-ring (bicyclic) bond motifs is 1. The Labute approximate surface area is 120 Å². The molecule has 1 unspecified atom stereocenters. The summed E-state index contributed by atoms with van der Waals surface area (Å²) in [6, 6.07) is 2.63. The van der Waals surface area contributed by atoms with Gasteiger partial charge in [-0.05, 0) is 17.7 Å². The molecule has 1 aliphatic rings. The number of carbonyl (C=O) groups is 2. The lowest BCUT2D eigenvalue weighted by Gasteiger charge is -2.32. The fourth-order valence-corrected chi connectivity index (χ4v) is 2.50. The molecule has 0 saturated carbocycles. The Bertz CT molecular complexity index is 668. The number of carboxylic acids is 1. The third-order valence-corrected chi connectivity index (χ3v) is 3.61. The van der Waals surface area contributed by atoms with Crippen LogP contribution in [-0.4, -0.2) is 42.9 Å². The first kappa shape index (κ1) is 13.3. The fourth-order valence-electron chi connectivity index (χ4n) is 2.50. The highest BCUT2D eigenvalue weighted by molar-refractivity contribution is 5.85. The molecule has 0 radical (unpaired) electrons. The van der Waals surface area contributed by atoms with Crippen molar-refractivity contribution >= 4 is 11.9 Å². The van der Waals surface area contributed by atoms with Crippen molar-refractivity contribution in [2.75, 3.05) is 0 Å². The van der Waals surface area contributed by atoms with Gasteiger partial charge in [0, 0.05) is 18.8 Å². The van der Waals surface area contributed by atoms with Crippen LogP contribution in [0.5, 0.6) is 0 Å². The molecule has 108 valence electrons. The van der Waals surface area contributed by atoms with Crippen molar-refractivity contribution in [1.29, 1.82) is 0 Å². The van der Waals surface area contributed by atoms with Gasteiger partial charge in [0.15, 0.2) is 0 Å². The highest BCUT2D eigenvalue weighted by atomic mass is 16.4. The molecule has 0 bridgehead atoms.